The fourth-order valence-electron chi connectivity index (χ4n) is 1.22. The molecule has 1 amide bonds. The number of carbonyl (C=O) groups is 2. The molecule has 0 aliphatic carbocycles. The molecule has 0 atom stereocenters. The van der Waals surface area contributed by atoms with Crippen molar-refractivity contribution in [3.05, 3.63) is 29.8 Å². The summed E-state index contributed by atoms with van der Waals surface area (Å²) in [5.74, 6) is -2.81. The van der Waals surface area contributed by atoms with Crippen LogP contribution in [-0.2, 0) is 4.79 Å². The lowest BCUT2D eigenvalue weighted by molar-refractivity contribution is -0.118. The molecule has 0 saturated carbocycles. The molecular weight excluding hydrogens is 247 g/mol. The molecule has 0 bridgehead atoms. The van der Waals surface area contributed by atoms with Gasteiger partial charge in [-0.25, -0.2) is 0 Å². The summed E-state index contributed by atoms with van der Waals surface area (Å²) in [4.78, 5) is 22.6. The first kappa shape index (κ1) is 14.2. The van der Waals surface area contributed by atoms with E-state index in [-0.39, 0.29) is 11.6 Å². The van der Waals surface area contributed by atoms with E-state index >= 15 is 0 Å². The summed E-state index contributed by atoms with van der Waals surface area (Å²) in [5.41, 5.74) is -0.683. The van der Waals surface area contributed by atoms with Crippen molar-refractivity contribution >= 4 is 17.4 Å². The molecule has 0 heterocycles. The summed E-state index contributed by atoms with van der Waals surface area (Å²) in [5, 5.41) is 2.30. The number of alkyl halides is 3. The minimum Gasteiger partial charge on any atom is -0.325 e. The standard InChI is InChI=1S/C12H12F3NO2/c1-7(2)11(18)16-9-6-4-3-5-8(9)10(17)12(13,14)15/h3-7H,1-2H3,(H,16,18). The fraction of sp³-hybridized carbons (Fsp3) is 0.333. The molecule has 1 N–H and O–H groups in total. The Labute approximate surface area is 102 Å². The Morgan fingerprint density at radius 2 is 1.72 bits per heavy atom. The summed E-state index contributed by atoms with van der Waals surface area (Å²) in [6, 6.07) is 5.05. The van der Waals surface area contributed by atoms with Crippen molar-refractivity contribution in [3.8, 4) is 0 Å². The van der Waals surface area contributed by atoms with Gasteiger partial charge in [-0.2, -0.15) is 13.2 Å². The second-order valence-corrected chi connectivity index (χ2v) is 4.02. The molecule has 98 valence electrons. The Hall–Kier alpha value is -1.85. The maximum atomic E-state index is 12.3. The summed E-state index contributed by atoms with van der Waals surface area (Å²) in [7, 11) is 0. The fourth-order valence-corrected chi connectivity index (χ4v) is 1.22. The quantitative estimate of drug-likeness (QED) is 0.848. The third-order valence-corrected chi connectivity index (χ3v) is 2.21. The van der Waals surface area contributed by atoms with Crippen LogP contribution in [-0.4, -0.2) is 17.9 Å². The van der Waals surface area contributed by atoms with E-state index in [1.54, 1.807) is 13.8 Å². The number of hydrogen-bond donors (Lipinski definition) is 1. The largest absolute Gasteiger partial charge is 0.454 e. The van der Waals surface area contributed by atoms with E-state index in [2.05, 4.69) is 5.32 Å². The molecule has 3 nitrogen and oxygen atoms in total. The van der Waals surface area contributed by atoms with E-state index in [0.717, 1.165) is 6.07 Å². The Morgan fingerprint density at radius 1 is 1.17 bits per heavy atom. The molecule has 0 radical (unpaired) electrons. The highest BCUT2D eigenvalue weighted by molar-refractivity contribution is 6.07. The van der Waals surface area contributed by atoms with Gasteiger partial charge in [-0.05, 0) is 12.1 Å². The zero-order chi connectivity index (χ0) is 13.9. The Bertz CT molecular complexity index is 467. The van der Waals surface area contributed by atoms with E-state index in [0.29, 0.717) is 0 Å². The monoisotopic (exact) mass is 259 g/mol. The first-order chi connectivity index (χ1) is 8.23. The predicted molar refractivity (Wildman–Crippen MR) is 60.3 cm³/mol. The van der Waals surface area contributed by atoms with Crippen LogP contribution in [0.25, 0.3) is 0 Å². The maximum Gasteiger partial charge on any atom is 0.454 e. The van der Waals surface area contributed by atoms with E-state index in [1.165, 1.54) is 18.2 Å². The van der Waals surface area contributed by atoms with Gasteiger partial charge < -0.3 is 5.32 Å². The summed E-state index contributed by atoms with van der Waals surface area (Å²) in [6.45, 7) is 3.20. The molecule has 1 aromatic rings. The van der Waals surface area contributed by atoms with Gasteiger partial charge in [-0.3, -0.25) is 9.59 Å². The van der Waals surface area contributed by atoms with Gasteiger partial charge in [0, 0.05) is 5.92 Å². The van der Waals surface area contributed by atoms with Gasteiger partial charge in [0.25, 0.3) is 5.78 Å². The van der Waals surface area contributed by atoms with Crippen LogP contribution >= 0.6 is 0 Å². The number of Topliss-reactive ketones (excluding diaryl/α,β-unsaturated/α-hetero) is 1. The second-order valence-electron chi connectivity index (χ2n) is 4.02. The van der Waals surface area contributed by atoms with Gasteiger partial charge in [-0.15, -0.1) is 0 Å². The molecule has 6 heteroatoms. The third kappa shape index (κ3) is 3.32. The highest BCUT2D eigenvalue weighted by Crippen LogP contribution is 2.26. The molecule has 0 aromatic heterocycles. The normalized spacial score (nSPS) is 11.4. The Kier molecular flexibility index (Phi) is 4.11. The lowest BCUT2D eigenvalue weighted by atomic mass is 10.1. The predicted octanol–water partition coefficient (Wildman–Crippen LogP) is 3.03. The van der Waals surface area contributed by atoms with E-state index in [1.807, 2.05) is 0 Å². The Balaban J connectivity index is 3.08. The number of rotatable bonds is 3. The Morgan fingerprint density at radius 3 is 2.22 bits per heavy atom. The lowest BCUT2D eigenvalue weighted by Crippen LogP contribution is -2.25. The maximum absolute atomic E-state index is 12.3. The molecule has 18 heavy (non-hydrogen) atoms. The third-order valence-electron chi connectivity index (χ3n) is 2.21. The van der Waals surface area contributed by atoms with Crippen LogP contribution in [0, 0.1) is 5.92 Å². The number of ketones is 1. The first-order valence-corrected chi connectivity index (χ1v) is 5.25. The molecule has 0 spiro atoms. The smallest absolute Gasteiger partial charge is 0.325 e. The molecule has 0 saturated heterocycles. The van der Waals surface area contributed by atoms with Gasteiger partial charge in [0.05, 0.1) is 11.3 Å². The van der Waals surface area contributed by atoms with Crippen molar-refractivity contribution in [2.45, 2.75) is 20.0 Å². The van der Waals surface area contributed by atoms with Crippen molar-refractivity contribution in [1.29, 1.82) is 0 Å². The number of halogens is 3. The highest BCUT2D eigenvalue weighted by atomic mass is 19.4. The van der Waals surface area contributed by atoms with Crippen molar-refractivity contribution in [2.75, 3.05) is 5.32 Å². The topological polar surface area (TPSA) is 46.2 Å². The van der Waals surface area contributed by atoms with Crippen LogP contribution in [0.5, 0.6) is 0 Å². The van der Waals surface area contributed by atoms with Crippen molar-refractivity contribution in [1.82, 2.24) is 0 Å². The zero-order valence-electron chi connectivity index (χ0n) is 9.84. The number of para-hydroxylation sites is 1. The number of benzene rings is 1. The van der Waals surface area contributed by atoms with Crippen molar-refractivity contribution in [2.24, 2.45) is 5.92 Å². The molecule has 0 aliphatic rings. The minimum atomic E-state index is -4.96. The van der Waals surface area contributed by atoms with Gasteiger partial charge in [0.2, 0.25) is 5.91 Å². The summed E-state index contributed by atoms with van der Waals surface area (Å²) in [6.07, 6.45) is -4.96. The van der Waals surface area contributed by atoms with E-state index < -0.39 is 23.4 Å². The summed E-state index contributed by atoms with van der Waals surface area (Å²) < 4.78 is 37.0. The molecule has 0 unspecified atom stereocenters. The molecule has 1 aromatic carbocycles. The average molecular weight is 259 g/mol. The van der Waals surface area contributed by atoms with Gasteiger partial charge in [-0.1, -0.05) is 26.0 Å². The lowest BCUT2D eigenvalue weighted by Gasteiger charge is -2.12. The number of carbonyl (C=O) groups excluding carboxylic acids is 2. The van der Waals surface area contributed by atoms with Gasteiger partial charge >= 0.3 is 6.18 Å². The van der Waals surface area contributed by atoms with Crippen LogP contribution in [0.2, 0.25) is 0 Å². The van der Waals surface area contributed by atoms with E-state index in [4.69, 9.17) is 0 Å². The van der Waals surface area contributed by atoms with Gasteiger partial charge in [0.1, 0.15) is 0 Å². The molecule has 1 rings (SSSR count). The van der Waals surface area contributed by atoms with Crippen LogP contribution in [0.4, 0.5) is 18.9 Å². The number of anilines is 1. The number of nitrogens with one attached hydrogen (secondary N) is 1. The molecular formula is C12H12F3NO2. The molecule has 0 aliphatic heterocycles. The van der Waals surface area contributed by atoms with Crippen LogP contribution in [0.1, 0.15) is 24.2 Å². The average Bonchev–Trinajstić information content (AvgIpc) is 2.27. The second kappa shape index (κ2) is 5.20. The van der Waals surface area contributed by atoms with Crippen LogP contribution in [0.15, 0.2) is 24.3 Å². The number of hydrogen-bond acceptors (Lipinski definition) is 2. The van der Waals surface area contributed by atoms with Gasteiger partial charge in [0.15, 0.2) is 0 Å². The highest BCUT2D eigenvalue weighted by Gasteiger charge is 2.40. The zero-order valence-corrected chi connectivity index (χ0v) is 9.84. The van der Waals surface area contributed by atoms with Crippen LogP contribution < -0.4 is 5.32 Å². The first-order valence-electron chi connectivity index (χ1n) is 5.25. The number of amides is 1. The SMILES string of the molecule is CC(C)C(=O)Nc1ccccc1C(=O)C(F)(F)F. The van der Waals surface area contributed by atoms with E-state index in [9.17, 15) is 22.8 Å². The van der Waals surface area contributed by atoms with Crippen molar-refractivity contribution < 1.29 is 22.8 Å². The van der Waals surface area contributed by atoms with Crippen molar-refractivity contribution in [3.63, 3.8) is 0 Å². The van der Waals surface area contributed by atoms with Crippen LogP contribution in [0.3, 0.4) is 0 Å². The minimum absolute atomic E-state index is 0.126. The molecule has 0 fully saturated rings. The summed E-state index contributed by atoms with van der Waals surface area (Å²) >= 11 is 0.